The van der Waals surface area contributed by atoms with E-state index in [1.54, 1.807) is 0 Å². The first-order valence-corrected chi connectivity index (χ1v) is 17.9. The third-order valence-electron chi connectivity index (χ3n) is 10.4. The van der Waals surface area contributed by atoms with Crippen LogP contribution in [0.3, 0.4) is 0 Å². The van der Waals surface area contributed by atoms with E-state index in [0.29, 0.717) is 5.82 Å². The zero-order valence-electron chi connectivity index (χ0n) is 28.5. The molecule has 246 valence electrons. The topological polar surface area (TPSA) is 51.8 Å². The minimum absolute atomic E-state index is 0.659. The molecule has 0 atom stereocenters. The highest BCUT2D eigenvalue weighted by Crippen LogP contribution is 2.41. The molecule has 3 aromatic heterocycles. The van der Waals surface area contributed by atoms with Crippen molar-refractivity contribution < 1.29 is 4.42 Å². The van der Waals surface area contributed by atoms with Gasteiger partial charge in [-0.2, -0.15) is 0 Å². The minimum atomic E-state index is 0.659. The van der Waals surface area contributed by atoms with Crippen LogP contribution in [0.2, 0.25) is 0 Å². The third-order valence-corrected chi connectivity index (χ3v) is 10.4. The number of hydrogen-bond donors (Lipinski definition) is 0. The van der Waals surface area contributed by atoms with Crippen LogP contribution in [0.4, 0.5) is 0 Å². The fourth-order valence-electron chi connectivity index (χ4n) is 7.90. The lowest BCUT2D eigenvalue weighted by molar-refractivity contribution is 0.669. The van der Waals surface area contributed by atoms with Gasteiger partial charge in [-0.1, -0.05) is 146 Å². The van der Waals surface area contributed by atoms with Crippen LogP contribution in [0.5, 0.6) is 0 Å². The highest BCUT2D eigenvalue weighted by molar-refractivity contribution is 6.21. The number of aromatic nitrogens is 3. The smallest absolute Gasteiger partial charge is 0.160 e. The van der Waals surface area contributed by atoms with Gasteiger partial charge in [-0.25, -0.2) is 15.0 Å². The Hall–Kier alpha value is -7.17. The molecule has 4 heteroatoms. The number of fused-ring (bicyclic) bond motifs is 9. The lowest BCUT2D eigenvalue weighted by Crippen LogP contribution is -1.96. The quantitative estimate of drug-likeness (QED) is 0.138. The molecular formula is C49H29N3O. The van der Waals surface area contributed by atoms with Crippen molar-refractivity contribution in [1.29, 1.82) is 0 Å². The van der Waals surface area contributed by atoms with Gasteiger partial charge in [0.15, 0.2) is 5.82 Å². The van der Waals surface area contributed by atoms with E-state index in [9.17, 15) is 0 Å². The molecule has 0 unspecified atom stereocenters. The van der Waals surface area contributed by atoms with Gasteiger partial charge in [0.25, 0.3) is 0 Å². The Bertz CT molecular complexity index is 3140. The van der Waals surface area contributed by atoms with Crippen molar-refractivity contribution in [2.24, 2.45) is 0 Å². The zero-order valence-corrected chi connectivity index (χ0v) is 28.5. The third kappa shape index (κ3) is 4.80. The summed E-state index contributed by atoms with van der Waals surface area (Å²) in [6, 6.07) is 61.4. The van der Waals surface area contributed by atoms with Crippen LogP contribution in [-0.4, -0.2) is 15.0 Å². The standard InChI is InChI=1S/C49H29N3O/c1-2-13-32(14-3-1)42-29-43(33-23-24-39-38-19-8-9-20-44(38)53-45(39)28-33)51-49(50-42)35-16-10-15-34(27-35)46-40-25-21-30-11-4-6-17-36(30)47(40)52-48-37-18-7-5-12-31(37)22-26-41(46)48/h1-29H. The van der Waals surface area contributed by atoms with Gasteiger partial charge in [-0.05, 0) is 46.7 Å². The number of hydrogen-bond acceptors (Lipinski definition) is 4. The second-order valence-electron chi connectivity index (χ2n) is 13.6. The summed E-state index contributed by atoms with van der Waals surface area (Å²) in [4.78, 5) is 15.8. The van der Waals surface area contributed by atoms with Crippen LogP contribution in [0, 0.1) is 0 Å². The Labute approximate surface area is 304 Å². The lowest BCUT2D eigenvalue weighted by Gasteiger charge is -2.15. The number of rotatable bonds is 4. The number of nitrogens with zero attached hydrogens (tertiary/aromatic N) is 3. The summed E-state index contributed by atoms with van der Waals surface area (Å²) in [7, 11) is 0. The molecule has 53 heavy (non-hydrogen) atoms. The Balaban J connectivity index is 1.14. The average molecular weight is 676 g/mol. The van der Waals surface area contributed by atoms with Crippen molar-refractivity contribution in [1.82, 2.24) is 15.0 Å². The summed E-state index contributed by atoms with van der Waals surface area (Å²) in [6.45, 7) is 0. The molecule has 11 aromatic rings. The predicted octanol–water partition coefficient (Wildman–Crippen LogP) is 13.1. The normalized spacial score (nSPS) is 11.8. The highest BCUT2D eigenvalue weighted by Gasteiger charge is 2.18. The van der Waals surface area contributed by atoms with E-state index < -0.39 is 0 Å². The van der Waals surface area contributed by atoms with E-state index in [0.717, 1.165) is 93.7 Å². The largest absolute Gasteiger partial charge is 0.456 e. The van der Waals surface area contributed by atoms with Crippen LogP contribution < -0.4 is 0 Å². The summed E-state index contributed by atoms with van der Waals surface area (Å²) < 4.78 is 6.28. The summed E-state index contributed by atoms with van der Waals surface area (Å²) in [6.07, 6.45) is 0. The van der Waals surface area contributed by atoms with Crippen molar-refractivity contribution >= 4 is 65.3 Å². The molecule has 0 aliphatic carbocycles. The summed E-state index contributed by atoms with van der Waals surface area (Å²) in [5, 5.41) is 9.05. The molecule has 0 saturated carbocycles. The van der Waals surface area contributed by atoms with Crippen LogP contribution in [0.1, 0.15) is 0 Å². The summed E-state index contributed by atoms with van der Waals surface area (Å²) in [5.41, 5.74) is 10.6. The van der Waals surface area contributed by atoms with Crippen LogP contribution in [-0.2, 0) is 0 Å². The van der Waals surface area contributed by atoms with Crippen LogP contribution in [0.25, 0.3) is 110 Å². The van der Waals surface area contributed by atoms with Crippen LogP contribution >= 0.6 is 0 Å². The number of pyridine rings is 1. The molecule has 0 spiro atoms. The minimum Gasteiger partial charge on any atom is -0.456 e. The first-order valence-electron chi connectivity index (χ1n) is 17.9. The molecule has 0 bridgehead atoms. The fourth-order valence-corrected chi connectivity index (χ4v) is 7.90. The average Bonchev–Trinajstić information content (AvgIpc) is 3.61. The van der Waals surface area contributed by atoms with E-state index in [4.69, 9.17) is 19.4 Å². The molecule has 11 rings (SSSR count). The second kappa shape index (κ2) is 11.7. The van der Waals surface area contributed by atoms with E-state index in [-0.39, 0.29) is 0 Å². The first-order chi connectivity index (χ1) is 26.2. The molecule has 3 heterocycles. The van der Waals surface area contributed by atoms with Gasteiger partial charge in [0.2, 0.25) is 0 Å². The molecule has 0 N–H and O–H groups in total. The van der Waals surface area contributed by atoms with Gasteiger partial charge >= 0.3 is 0 Å². The van der Waals surface area contributed by atoms with Crippen molar-refractivity contribution in [2.45, 2.75) is 0 Å². The molecule has 0 aliphatic rings. The Kier molecular flexibility index (Phi) is 6.52. The summed E-state index contributed by atoms with van der Waals surface area (Å²) >= 11 is 0. The Morgan fingerprint density at radius 1 is 0.321 bits per heavy atom. The van der Waals surface area contributed by atoms with Crippen molar-refractivity contribution in [3.05, 3.63) is 176 Å². The lowest BCUT2D eigenvalue weighted by atomic mass is 9.91. The van der Waals surface area contributed by atoms with E-state index in [1.165, 1.54) is 10.8 Å². The molecule has 0 saturated heterocycles. The summed E-state index contributed by atoms with van der Waals surface area (Å²) in [5.74, 6) is 0.659. The number of para-hydroxylation sites is 1. The van der Waals surface area contributed by atoms with E-state index in [1.807, 2.05) is 36.4 Å². The maximum absolute atomic E-state index is 6.28. The molecular weight excluding hydrogens is 647 g/mol. The molecule has 8 aromatic carbocycles. The van der Waals surface area contributed by atoms with Crippen molar-refractivity contribution in [3.8, 4) is 45.0 Å². The molecule has 4 nitrogen and oxygen atoms in total. The first kappa shape index (κ1) is 29.5. The van der Waals surface area contributed by atoms with Crippen molar-refractivity contribution in [3.63, 3.8) is 0 Å². The van der Waals surface area contributed by atoms with Crippen molar-refractivity contribution in [2.75, 3.05) is 0 Å². The molecule has 0 aliphatic heterocycles. The second-order valence-corrected chi connectivity index (χ2v) is 13.6. The molecule has 0 amide bonds. The monoisotopic (exact) mass is 675 g/mol. The number of furan rings is 1. The maximum Gasteiger partial charge on any atom is 0.160 e. The Morgan fingerprint density at radius 2 is 0.887 bits per heavy atom. The van der Waals surface area contributed by atoms with Gasteiger partial charge in [0, 0.05) is 54.6 Å². The fraction of sp³-hybridized carbons (Fsp3) is 0. The predicted molar refractivity (Wildman–Crippen MR) is 219 cm³/mol. The van der Waals surface area contributed by atoms with E-state index in [2.05, 4.69) is 140 Å². The zero-order chi connectivity index (χ0) is 34.9. The highest BCUT2D eigenvalue weighted by atomic mass is 16.3. The van der Waals surface area contributed by atoms with Crippen LogP contribution in [0.15, 0.2) is 180 Å². The SMILES string of the molecule is c1ccc(-c2cc(-c3ccc4c(c3)oc3ccccc34)nc(-c3cccc(-c4c5ccc6ccccc6c5nc5c4ccc4ccccc45)c3)n2)cc1. The van der Waals surface area contributed by atoms with Gasteiger partial charge in [-0.15, -0.1) is 0 Å². The van der Waals surface area contributed by atoms with Gasteiger partial charge in [0.05, 0.1) is 22.4 Å². The maximum atomic E-state index is 6.28. The molecule has 0 fully saturated rings. The van der Waals surface area contributed by atoms with Gasteiger partial charge in [-0.3, -0.25) is 0 Å². The Morgan fingerprint density at radius 3 is 1.62 bits per heavy atom. The molecule has 0 radical (unpaired) electrons. The van der Waals surface area contributed by atoms with Gasteiger partial charge in [0.1, 0.15) is 11.2 Å². The van der Waals surface area contributed by atoms with Gasteiger partial charge < -0.3 is 4.42 Å². The van der Waals surface area contributed by atoms with E-state index >= 15 is 0 Å². The number of benzene rings is 8.